The molecule has 72 valence electrons. The standard InChI is InChI=1S/C11H11NO2/c13-10-3-1-2-8-7(10)6-9-11(14)4-5-12(8)9/h1-3,6,11,13-14H,4-5H2. The van der Waals surface area contributed by atoms with E-state index in [1.54, 1.807) is 6.07 Å². The third kappa shape index (κ3) is 0.849. The molecule has 0 amide bonds. The number of benzene rings is 1. The Morgan fingerprint density at radius 3 is 3.07 bits per heavy atom. The van der Waals surface area contributed by atoms with Crippen LogP contribution in [0.25, 0.3) is 10.9 Å². The van der Waals surface area contributed by atoms with Crippen molar-refractivity contribution in [2.45, 2.75) is 19.1 Å². The summed E-state index contributed by atoms with van der Waals surface area (Å²) in [4.78, 5) is 0. The molecule has 3 rings (SSSR count). The topological polar surface area (TPSA) is 45.4 Å². The van der Waals surface area contributed by atoms with Crippen molar-refractivity contribution >= 4 is 10.9 Å². The van der Waals surface area contributed by atoms with Crippen LogP contribution < -0.4 is 0 Å². The summed E-state index contributed by atoms with van der Waals surface area (Å²) in [7, 11) is 0. The van der Waals surface area contributed by atoms with Gasteiger partial charge in [-0.3, -0.25) is 0 Å². The highest BCUT2D eigenvalue weighted by Crippen LogP contribution is 2.35. The summed E-state index contributed by atoms with van der Waals surface area (Å²) >= 11 is 0. The predicted octanol–water partition coefficient (Wildman–Crippen LogP) is 1.78. The minimum Gasteiger partial charge on any atom is -0.507 e. The third-order valence-electron chi connectivity index (χ3n) is 2.92. The number of aromatic hydroxyl groups is 1. The van der Waals surface area contributed by atoms with E-state index in [9.17, 15) is 10.2 Å². The number of phenols is 1. The van der Waals surface area contributed by atoms with E-state index in [0.29, 0.717) is 0 Å². The average Bonchev–Trinajstić information content (AvgIpc) is 2.69. The Hall–Kier alpha value is -1.48. The number of rotatable bonds is 0. The Morgan fingerprint density at radius 1 is 1.36 bits per heavy atom. The predicted molar refractivity (Wildman–Crippen MR) is 53.2 cm³/mol. The largest absolute Gasteiger partial charge is 0.507 e. The molecule has 1 atom stereocenters. The molecule has 2 heterocycles. The molecule has 1 aliphatic rings. The van der Waals surface area contributed by atoms with E-state index in [1.807, 2.05) is 18.2 Å². The van der Waals surface area contributed by atoms with E-state index < -0.39 is 0 Å². The van der Waals surface area contributed by atoms with Crippen molar-refractivity contribution in [1.29, 1.82) is 0 Å². The Kier molecular flexibility index (Phi) is 1.42. The quantitative estimate of drug-likeness (QED) is 0.663. The SMILES string of the molecule is Oc1cccc2c1cc1n2CCC1O. The molecule has 1 aliphatic heterocycles. The molecular weight excluding hydrogens is 178 g/mol. The van der Waals surface area contributed by atoms with E-state index in [1.165, 1.54) is 0 Å². The van der Waals surface area contributed by atoms with Crippen molar-refractivity contribution < 1.29 is 10.2 Å². The second-order valence-electron chi connectivity index (χ2n) is 3.74. The second-order valence-corrected chi connectivity index (χ2v) is 3.74. The minimum atomic E-state index is -0.373. The van der Waals surface area contributed by atoms with E-state index in [4.69, 9.17) is 0 Å². The minimum absolute atomic E-state index is 0.289. The molecule has 0 saturated carbocycles. The number of aliphatic hydroxyl groups excluding tert-OH is 1. The molecule has 1 aromatic carbocycles. The number of nitrogens with zero attached hydrogens (tertiary/aromatic N) is 1. The van der Waals surface area contributed by atoms with E-state index in [0.717, 1.165) is 29.6 Å². The van der Waals surface area contributed by atoms with Gasteiger partial charge in [-0.2, -0.15) is 0 Å². The summed E-state index contributed by atoms with van der Waals surface area (Å²) in [5, 5.41) is 20.1. The number of aliphatic hydroxyl groups is 1. The maximum atomic E-state index is 9.67. The van der Waals surface area contributed by atoms with Gasteiger partial charge in [0.15, 0.2) is 0 Å². The van der Waals surface area contributed by atoms with Crippen LogP contribution in [0.3, 0.4) is 0 Å². The molecule has 3 nitrogen and oxygen atoms in total. The fourth-order valence-electron chi connectivity index (χ4n) is 2.21. The fourth-order valence-corrected chi connectivity index (χ4v) is 2.21. The van der Waals surface area contributed by atoms with Crippen LogP contribution in [0.5, 0.6) is 5.75 Å². The van der Waals surface area contributed by atoms with Crippen LogP contribution in [0.1, 0.15) is 18.2 Å². The van der Waals surface area contributed by atoms with Crippen LogP contribution >= 0.6 is 0 Å². The van der Waals surface area contributed by atoms with Crippen molar-refractivity contribution in [3.8, 4) is 5.75 Å². The first-order chi connectivity index (χ1) is 6.77. The van der Waals surface area contributed by atoms with Gasteiger partial charge in [0.1, 0.15) is 5.75 Å². The second kappa shape index (κ2) is 2.51. The highest BCUT2D eigenvalue weighted by molar-refractivity contribution is 5.87. The van der Waals surface area contributed by atoms with Crippen LogP contribution in [0.4, 0.5) is 0 Å². The van der Waals surface area contributed by atoms with Gasteiger partial charge in [-0.15, -0.1) is 0 Å². The summed E-state index contributed by atoms with van der Waals surface area (Å²) in [5.41, 5.74) is 1.93. The molecule has 1 aromatic heterocycles. The number of phenolic OH excluding ortho intramolecular Hbond substituents is 1. The zero-order valence-corrected chi connectivity index (χ0v) is 7.64. The van der Waals surface area contributed by atoms with Crippen molar-refractivity contribution in [3.63, 3.8) is 0 Å². The number of hydrogen-bond acceptors (Lipinski definition) is 2. The molecule has 0 saturated heterocycles. The highest BCUT2D eigenvalue weighted by Gasteiger charge is 2.23. The summed E-state index contributed by atoms with van der Waals surface area (Å²) in [6.45, 7) is 0.837. The molecular formula is C11H11NO2. The smallest absolute Gasteiger partial charge is 0.124 e. The first-order valence-electron chi connectivity index (χ1n) is 4.76. The monoisotopic (exact) mass is 189 g/mol. The lowest BCUT2D eigenvalue weighted by molar-refractivity contribution is 0.180. The molecule has 2 N–H and O–H groups in total. The van der Waals surface area contributed by atoms with Crippen molar-refractivity contribution in [2.24, 2.45) is 0 Å². The fraction of sp³-hybridized carbons (Fsp3) is 0.273. The maximum Gasteiger partial charge on any atom is 0.124 e. The summed E-state index contributed by atoms with van der Waals surface area (Å²) in [6.07, 6.45) is 0.405. The normalized spacial score (nSPS) is 20.2. The summed E-state index contributed by atoms with van der Waals surface area (Å²) in [6, 6.07) is 7.35. The molecule has 14 heavy (non-hydrogen) atoms. The number of hydrogen-bond donors (Lipinski definition) is 2. The Balaban J connectivity index is 2.40. The van der Waals surface area contributed by atoms with Gasteiger partial charge in [-0.1, -0.05) is 6.07 Å². The van der Waals surface area contributed by atoms with Crippen LogP contribution in [0.15, 0.2) is 24.3 Å². The van der Waals surface area contributed by atoms with Crippen LogP contribution in [-0.2, 0) is 6.54 Å². The molecule has 0 fully saturated rings. The van der Waals surface area contributed by atoms with Gasteiger partial charge in [-0.25, -0.2) is 0 Å². The van der Waals surface area contributed by atoms with Crippen molar-refractivity contribution in [3.05, 3.63) is 30.0 Å². The summed E-state index contributed by atoms with van der Waals surface area (Å²) in [5.74, 6) is 0.289. The van der Waals surface area contributed by atoms with Crippen LogP contribution in [-0.4, -0.2) is 14.8 Å². The molecule has 3 heteroatoms. The molecule has 2 aromatic rings. The van der Waals surface area contributed by atoms with Crippen LogP contribution in [0.2, 0.25) is 0 Å². The Bertz CT molecular complexity index is 501. The zero-order valence-electron chi connectivity index (χ0n) is 7.64. The van der Waals surface area contributed by atoms with Gasteiger partial charge in [0.25, 0.3) is 0 Å². The highest BCUT2D eigenvalue weighted by atomic mass is 16.3. The Labute approximate surface area is 81.2 Å². The molecule has 0 bridgehead atoms. The van der Waals surface area contributed by atoms with Crippen molar-refractivity contribution in [2.75, 3.05) is 0 Å². The van der Waals surface area contributed by atoms with Crippen molar-refractivity contribution in [1.82, 2.24) is 4.57 Å². The van der Waals surface area contributed by atoms with Gasteiger partial charge >= 0.3 is 0 Å². The van der Waals surface area contributed by atoms with Gasteiger partial charge in [0.05, 0.1) is 11.6 Å². The molecule has 0 radical (unpaired) electrons. The van der Waals surface area contributed by atoms with Gasteiger partial charge in [-0.05, 0) is 24.6 Å². The van der Waals surface area contributed by atoms with E-state index in [2.05, 4.69) is 4.57 Å². The lowest BCUT2D eigenvalue weighted by Gasteiger charge is -1.99. The lowest BCUT2D eigenvalue weighted by Crippen LogP contribution is -1.91. The average molecular weight is 189 g/mol. The number of aromatic nitrogens is 1. The molecule has 0 aliphatic carbocycles. The third-order valence-corrected chi connectivity index (χ3v) is 2.92. The van der Waals surface area contributed by atoms with E-state index in [-0.39, 0.29) is 11.9 Å². The van der Waals surface area contributed by atoms with Gasteiger partial charge < -0.3 is 14.8 Å². The Morgan fingerprint density at radius 2 is 2.21 bits per heavy atom. The first kappa shape index (κ1) is 7.88. The zero-order chi connectivity index (χ0) is 9.71. The van der Waals surface area contributed by atoms with Gasteiger partial charge in [0.2, 0.25) is 0 Å². The van der Waals surface area contributed by atoms with E-state index >= 15 is 0 Å². The summed E-state index contributed by atoms with van der Waals surface area (Å²) < 4.78 is 2.07. The first-order valence-corrected chi connectivity index (χ1v) is 4.76. The molecule has 0 spiro atoms. The lowest BCUT2D eigenvalue weighted by atomic mass is 10.2. The van der Waals surface area contributed by atoms with Gasteiger partial charge in [0, 0.05) is 17.6 Å². The maximum absolute atomic E-state index is 9.67. The van der Waals surface area contributed by atoms with Crippen LogP contribution in [0, 0.1) is 0 Å². The number of aryl methyl sites for hydroxylation is 1. The number of fused-ring (bicyclic) bond motifs is 3. The molecule has 1 unspecified atom stereocenters.